The van der Waals surface area contributed by atoms with Crippen molar-refractivity contribution in [3.8, 4) is 5.75 Å². The Hall–Kier alpha value is -0.760. The number of hydrogen-bond donors (Lipinski definition) is 0. The molecule has 0 saturated heterocycles. The normalized spacial score (nSPS) is 14.2. The first-order valence-corrected chi connectivity index (χ1v) is 6.89. The molecule has 0 aliphatic heterocycles. The molecule has 0 fully saturated rings. The summed E-state index contributed by atoms with van der Waals surface area (Å²) in [5.41, 5.74) is 4.36. The lowest BCUT2D eigenvalue weighted by atomic mass is 9.88. The lowest BCUT2D eigenvalue weighted by molar-refractivity contribution is 0.414. The Morgan fingerprint density at radius 2 is 2.25 bits per heavy atom. The van der Waals surface area contributed by atoms with Crippen LogP contribution in [0, 0.1) is 0 Å². The molecular weight excluding hydrogens is 264 g/mol. The van der Waals surface area contributed by atoms with Crippen molar-refractivity contribution in [2.24, 2.45) is 0 Å². The van der Waals surface area contributed by atoms with Crippen molar-refractivity contribution in [2.75, 3.05) is 12.4 Å². The number of allylic oxidation sites excluding steroid dienone is 2. The number of rotatable bonds is 4. The monoisotopic (exact) mass is 280 g/mol. The van der Waals surface area contributed by atoms with Crippen LogP contribution in [-0.4, -0.2) is 12.4 Å². The van der Waals surface area contributed by atoms with Crippen molar-refractivity contribution in [1.82, 2.24) is 0 Å². The summed E-state index contributed by atoms with van der Waals surface area (Å²) in [5, 5.41) is 1.08. The van der Waals surface area contributed by atoms with Gasteiger partial charge in [0, 0.05) is 5.33 Å². The van der Waals surface area contributed by atoms with E-state index in [-0.39, 0.29) is 0 Å². The van der Waals surface area contributed by atoms with E-state index in [1.54, 1.807) is 7.11 Å². The molecule has 0 radical (unpaired) electrons. The van der Waals surface area contributed by atoms with Gasteiger partial charge in [-0.15, -0.1) is 0 Å². The molecule has 0 amide bonds. The number of hydrogen-bond acceptors (Lipinski definition) is 1. The van der Waals surface area contributed by atoms with Crippen LogP contribution in [0.1, 0.15) is 30.4 Å². The zero-order chi connectivity index (χ0) is 11.4. The molecule has 0 unspecified atom stereocenters. The van der Waals surface area contributed by atoms with E-state index in [4.69, 9.17) is 4.74 Å². The summed E-state index contributed by atoms with van der Waals surface area (Å²) in [4.78, 5) is 0. The fourth-order valence-corrected chi connectivity index (χ4v) is 2.50. The first-order valence-electron chi connectivity index (χ1n) is 5.77. The number of fused-ring (bicyclic) bond motifs is 1. The third-order valence-electron chi connectivity index (χ3n) is 3.04. The van der Waals surface area contributed by atoms with Gasteiger partial charge in [-0.1, -0.05) is 28.1 Å². The zero-order valence-corrected chi connectivity index (χ0v) is 11.2. The van der Waals surface area contributed by atoms with Gasteiger partial charge in [0.1, 0.15) is 5.75 Å². The minimum absolute atomic E-state index is 0.973. The number of aryl methyl sites for hydroxylation is 1. The lowest BCUT2D eigenvalue weighted by Gasteiger charge is -2.18. The van der Waals surface area contributed by atoms with E-state index in [9.17, 15) is 0 Å². The highest BCUT2D eigenvalue weighted by Gasteiger charge is 2.12. The molecule has 1 aliphatic rings. The van der Waals surface area contributed by atoms with Crippen LogP contribution in [0.3, 0.4) is 0 Å². The Kier molecular flexibility index (Phi) is 4.05. The van der Waals surface area contributed by atoms with Gasteiger partial charge in [0.05, 0.1) is 7.11 Å². The first kappa shape index (κ1) is 11.7. The summed E-state index contributed by atoms with van der Waals surface area (Å²) in [5.74, 6) is 0.973. The number of methoxy groups -OCH3 is 1. The van der Waals surface area contributed by atoms with Crippen molar-refractivity contribution in [1.29, 1.82) is 0 Å². The second-order valence-electron chi connectivity index (χ2n) is 4.08. The lowest BCUT2D eigenvalue weighted by Crippen LogP contribution is -2.00. The Morgan fingerprint density at radius 1 is 1.38 bits per heavy atom. The molecule has 0 aromatic heterocycles. The molecule has 0 N–H and O–H groups in total. The topological polar surface area (TPSA) is 9.23 Å². The minimum Gasteiger partial charge on any atom is -0.497 e. The molecular formula is C14H17BrO. The van der Waals surface area contributed by atoms with Crippen LogP contribution in [0.15, 0.2) is 24.3 Å². The van der Waals surface area contributed by atoms with Gasteiger partial charge >= 0.3 is 0 Å². The highest BCUT2D eigenvalue weighted by molar-refractivity contribution is 9.09. The van der Waals surface area contributed by atoms with Crippen molar-refractivity contribution in [2.45, 2.75) is 25.7 Å². The largest absolute Gasteiger partial charge is 0.497 e. The summed E-state index contributed by atoms with van der Waals surface area (Å²) >= 11 is 3.49. The Balaban J connectivity index is 2.24. The molecule has 86 valence electrons. The van der Waals surface area contributed by atoms with Crippen molar-refractivity contribution >= 4 is 21.5 Å². The van der Waals surface area contributed by atoms with Gasteiger partial charge in [-0.3, -0.25) is 0 Å². The van der Waals surface area contributed by atoms with Gasteiger partial charge in [-0.05, 0) is 54.5 Å². The molecule has 0 atom stereocenters. The van der Waals surface area contributed by atoms with E-state index >= 15 is 0 Å². The quantitative estimate of drug-likeness (QED) is 0.751. The standard InChI is InChI=1S/C14H17BrO/c1-16-13-7-8-14-11(6-3-9-15)4-2-5-12(14)10-13/h4,7-8,10H,2-3,5-6,9H2,1H3. The molecule has 1 aliphatic carbocycles. The maximum absolute atomic E-state index is 5.27. The van der Waals surface area contributed by atoms with Crippen LogP contribution in [0.4, 0.5) is 0 Å². The average Bonchev–Trinajstić information content (AvgIpc) is 2.35. The third-order valence-corrected chi connectivity index (χ3v) is 3.60. The molecule has 1 aromatic rings. The molecule has 0 heterocycles. The predicted octanol–water partition coefficient (Wildman–Crippen LogP) is 4.20. The number of benzene rings is 1. The van der Waals surface area contributed by atoms with Crippen molar-refractivity contribution in [3.63, 3.8) is 0 Å². The summed E-state index contributed by atoms with van der Waals surface area (Å²) in [6, 6.07) is 6.44. The fraction of sp³-hybridized carbons (Fsp3) is 0.429. The van der Waals surface area contributed by atoms with Gasteiger partial charge in [-0.2, -0.15) is 0 Å². The summed E-state index contributed by atoms with van der Waals surface area (Å²) in [7, 11) is 1.73. The average molecular weight is 281 g/mol. The van der Waals surface area contributed by atoms with Gasteiger partial charge in [0.2, 0.25) is 0 Å². The molecule has 16 heavy (non-hydrogen) atoms. The van der Waals surface area contributed by atoms with Crippen molar-refractivity contribution < 1.29 is 4.74 Å². The number of ether oxygens (including phenoxy) is 1. The van der Waals surface area contributed by atoms with Gasteiger partial charge < -0.3 is 4.74 Å². The number of halogens is 1. The van der Waals surface area contributed by atoms with Crippen LogP contribution in [-0.2, 0) is 6.42 Å². The van der Waals surface area contributed by atoms with E-state index < -0.39 is 0 Å². The van der Waals surface area contributed by atoms with E-state index in [1.165, 1.54) is 29.5 Å². The smallest absolute Gasteiger partial charge is 0.119 e. The second kappa shape index (κ2) is 5.53. The van der Waals surface area contributed by atoms with E-state index in [2.05, 4.69) is 40.2 Å². The van der Waals surface area contributed by atoms with Gasteiger partial charge in [0.15, 0.2) is 0 Å². The van der Waals surface area contributed by atoms with E-state index in [0.29, 0.717) is 0 Å². The summed E-state index contributed by atoms with van der Waals surface area (Å²) in [6.45, 7) is 0. The first-order chi connectivity index (χ1) is 7.85. The Morgan fingerprint density at radius 3 is 3.00 bits per heavy atom. The van der Waals surface area contributed by atoms with Crippen molar-refractivity contribution in [3.05, 3.63) is 35.4 Å². The van der Waals surface area contributed by atoms with Gasteiger partial charge in [0.25, 0.3) is 0 Å². The molecule has 0 saturated carbocycles. The van der Waals surface area contributed by atoms with Crippen LogP contribution in [0.2, 0.25) is 0 Å². The number of alkyl halides is 1. The maximum atomic E-state index is 5.27. The van der Waals surface area contributed by atoms with Crippen LogP contribution >= 0.6 is 15.9 Å². The van der Waals surface area contributed by atoms with E-state index in [0.717, 1.165) is 23.9 Å². The minimum atomic E-state index is 0.973. The predicted molar refractivity (Wildman–Crippen MR) is 72.3 cm³/mol. The fourth-order valence-electron chi connectivity index (χ4n) is 2.22. The summed E-state index contributed by atoms with van der Waals surface area (Å²) < 4.78 is 5.27. The molecule has 1 nitrogen and oxygen atoms in total. The van der Waals surface area contributed by atoms with Gasteiger partial charge in [-0.25, -0.2) is 0 Å². The SMILES string of the molecule is COc1ccc2c(c1)CCC=C2CCCBr. The third kappa shape index (κ3) is 2.49. The summed E-state index contributed by atoms with van der Waals surface area (Å²) in [6.07, 6.45) is 7.07. The van der Waals surface area contributed by atoms with E-state index in [1.807, 2.05) is 0 Å². The maximum Gasteiger partial charge on any atom is 0.119 e. The zero-order valence-electron chi connectivity index (χ0n) is 9.63. The molecule has 0 spiro atoms. The molecule has 1 aromatic carbocycles. The Labute approximate surface area is 106 Å². The van der Waals surface area contributed by atoms with Crippen LogP contribution < -0.4 is 4.74 Å². The highest BCUT2D eigenvalue weighted by Crippen LogP contribution is 2.32. The molecule has 2 heteroatoms. The van der Waals surface area contributed by atoms with Crippen LogP contribution in [0.25, 0.3) is 5.57 Å². The highest BCUT2D eigenvalue weighted by atomic mass is 79.9. The molecule has 0 bridgehead atoms. The Bertz CT molecular complexity index is 396. The molecule has 2 rings (SSSR count). The second-order valence-corrected chi connectivity index (χ2v) is 4.88. The van der Waals surface area contributed by atoms with Crippen LogP contribution in [0.5, 0.6) is 5.75 Å².